The Morgan fingerprint density at radius 1 is 1.05 bits per heavy atom. The maximum Gasteiger partial charge on any atom is 0.129 e. The molecule has 4 heteroatoms. The molecule has 1 fully saturated rings. The third-order valence-corrected chi connectivity index (χ3v) is 3.07. The van der Waals surface area contributed by atoms with Crippen LogP contribution in [0.1, 0.15) is 75.7 Å². The molecule has 0 aromatic carbocycles. The van der Waals surface area contributed by atoms with Crippen LogP contribution >= 0.6 is 0 Å². The van der Waals surface area contributed by atoms with Gasteiger partial charge in [0.2, 0.25) is 0 Å². The first-order valence-corrected chi connectivity index (χ1v) is 7.08. The summed E-state index contributed by atoms with van der Waals surface area (Å²) in [6, 6.07) is 0. The van der Waals surface area contributed by atoms with Crippen LogP contribution in [0.4, 0.5) is 0 Å². The largest absolute Gasteiger partial charge is 0.390 e. The Balaban J connectivity index is -0.000000106. The predicted octanol–water partition coefficient (Wildman–Crippen LogP) is 4.04. The lowest BCUT2D eigenvalue weighted by molar-refractivity contribution is -0.117. The number of aliphatic hydroxyl groups excluding tert-OH is 1. The third-order valence-electron chi connectivity index (χ3n) is 3.07. The van der Waals surface area contributed by atoms with Crippen molar-refractivity contribution in [2.45, 2.75) is 87.9 Å². The van der Waals surface area contributed by atoms with E-state index in [9.17, 15) is 14.7 Å². The highest BCUT2D eigenvalue weighted by atomic mass is 16.5. The van der Waals surface area contributed by atoms with E-state index in [4.69, 9.17) is 4.74 Å². The normalized spacial score (nSPS) is 22.3. The smallest absolute Gasteiger partial charge is 0.129 e. The van der Waals surface area contributed by atoms with Crippen LogP contribution < -0.4 is 0 Å². The minimum absolute atomic E-state index is 0. The van der Waals surface area contributed by atoms with E-state index < -0.39 is 0 Å². The number of rotatable bonds is 3. The number of hydrogen-bond donors (Lipinski definition) is 1. The molecule has 130 valence electrons. The SMILES string of the molecule is C.C.CCC(C)=O.CCC(C)=O.CCC1OCC(O)C1C. The molecular formula is C17H38O4. The van der Waals surface area contributed by atoms with E-state index in [1.54, 1.807) is 13.8 Å². The molecule has 0 saturated carbocycles. The van der Waals surface area contributed by atoms with E-state index in [1.807, 2.05) is 20.8 Å². The number of aliphatic hydroxyl groups is 1. The lowest BCUT2D eigenvalue weighted by atomic mass is 10.0. The minimum Gasteiger partial charge on any atom is -0.390 e. The molecule has 0 amide bonds. The zero-order chi connectivity index (χ0) is 15.4. The van der Waals surface area contributed by atoms with Crippen molar-refractivity contribution in [2.24, 2.45) is 5.92 Å². The molecule has 0 spiro atoms. The Kier molecular flexibility index (Phi) is 23.4. The summed E-state index contributed by atoms with van der Waals surface area (Å²) in [4.78, 5) is 19.6. The highest BCUT2D eigenvalue weighted by Crippen LogP contribution is 2.22. The maximum absolute atomic E-state index is 9.81. The maximum atomic E-state index is 9.81. The number of Topliss-reactive ketones (excluding diaryl/α,β-unsaturated/α-hetero) is 2. The monoisotopic (exact) mass is 306 g/mol. The summed E-state index contributed by atoms with van der Waals surface area (Å²) in [7, 11) is 0. The second-order valence-electron chi connectivity index (χ2n) is 4.82. The van der Waals surface area contributed by atoms with Crippen molar-refractivity contribution in [3.05, 3.63) is 0 Å². The summed E-state index contributed by atoms with van der Waals surface area (Å²) in [6.45, 7) is 11.5. The van der Waals surface area contributed by atoms with Gasteiger partial charge in [-0.3, -0.25) is 0 Å². The van der Waals surface area contributed by atoms with E-state index in [0.29, 0.717) is 31.5 Å². The predicted molar refractivity (Wildman–Crippen MR) is 90.6 cm³/mol. The van der Waals surface area contributed by atoms with Gasteiger partial charge < -0.3 is 19.4 Å². The fourth-order valence-corrected chi connectivity index (χ4v) is 1.26. The van der Waals surface area contributed by atoms with Gasteiger partial charge in [-0.1, -0.05) is 42.5 Å². The molecule has 0 aliphatic carbocycles. The number of ketones is 2. The van der Waals surface area contributed by atoms with Crippen LogP contribution in [0.25, 0.3) is 0 Å². The molecule has 0 radical (unpaired) electrons. The zero-order valence-electron chi connectivity index (χ0n) is 13.2. The van der Waals surface area contributed by atoms with Crippen molar-refractivity contribution < 1.29 is 19.4 Å². The number of ether oxygens (including phenoxy) is 1. The summed E-state index contributed by atoms with van der Waals surface area (Å²) in [5, 5.41) is 9.17. The fraction of sp³-hybridized carbons (Fsp3) is 0.882. The standard InChI is InChI=1S/C7H14O2.2C4H8O.2CH4/c1-3-7-5(2)6(8)4-9-7;2*1-3-4(2)5;;/h5-8H,3-4H2,1-2H3;2*3H2,1-2H3;2*1H4. The Bertz CT molecular complexity index is 237. The first-order chi connectivity index (χ1) is 8.79. The van der Waals surface area contributed by atoms with E-state index in [0.717, 1.165) is 6.42 Å². The molecule has 1 heterocycles. The van der Waals surface area contributed by atoms with E-state index in [1.165, 1.54) is 0 Å². The molecule has 21 heavy (non-hydrogen) atoms. The zero-order valence-corrected chi connectivity index (χ0v) is 13.2. The Morgan fingerprint density at radius 3 is 1.48 bits per heavy atom. The van der Waals surface area contributed by atoms with Crippen molar-refractivity contribution in [1.29, 1.82) is 0 Å². The first kappa shape index (κ1) is 28.4. The Labute approximate surface area is 132 Å². The van der Waals surface area contributed by atoms with Gasteiger partial charge in [-0.15, -0.1) is 0 Å². The van der Waals surface area contributed by atoms with Crippen molar-refractivity contribution in [3.63, 3.8) is 0 Å². The van der Waals surface area contributed by atoms with Gasteiger partial charge in [-0.2, -0.15) is 0 Å². The van der Waals surface area contributed by atoms with Crippen molar-refractivity contribution in [1.82, 2.24) is 0 Å². The number of hydrogen-bond acceptors (Lipinski definition) is 4. The lowest BCUT2D eigenvalue weighted by Gasteiger charge is -2.11. The van der Waals surface area contributed by atoms with Crippen LogP contribution in [-0.2, 0) is 14.3 Å². The molecule has 0 aromatic heterocycles. The molecule has 1 rings (SSSR count). The molecule has 4 nitrogen and oxygen atoms in total. The van der Waals surface area contributed by atoms with Gasteiger partial charge >= 0.3 is 0 Å². The minimum atomic E-state index is -0.227. The highest BCUT2D eigenvalue weighted by Gasteiger charge is 2.30. The first-order valence-electron chi connectivity index (χ1n) is 7.08. The van der Waals surface area contributed by atoms with Crippen LogP contribution in [-0.4, -0.2) is 35.5 Å². The average Bonchev–Trinajstić information content (AvgIpc) is 2.70. The molecule has 0 bridgehead atoms. The van der Waals surface area contributed by atoms with Gasteiger partial charge in [0, 0.05) is 18.8 Å². The van der Waals surface area contributed by atoms with E-state index >= 15 is 0 Å². The summed E-state index contributed by atoms with van der Waals surface area (Å²) in [5.41, 5.74) is 0. The van der Waals surface area contributed by atoms with Gasteiger partial charge in [0.25, 0.3) is 0 Å². The van der Waals surface area contributed by atoms with Crippen LogP contribution in [0.5, 0.6) is 0 Å². The highest BCUT2D eigenvalue weighted by molar-refractivity contribution is 5.75. The molecule has 1 aliphatic heterocycles. The van der Waals surface area contributed by atoms with Gasteiger partial charge in [-0.05, 0) is 20.3 Å². The second-order valence-corrected chi connectivity index (χ2v) is 4.82. The Hall–Kier alpha value is -0.740. The van der Waals surface area contributed by atoms with Crippen LogP contribution in [0.15, 0.2) is 0 Å². The van der Waals surface area contributed by atoms with Gasteiger partial charge in [0.1, 0.15) is 11.6 Å². The summed E-state index contributed by atoms with van der Waals surface area (Å²) in [5.74, 6) is 0.838. The summed E-state index contributed by atoms with van der Waals surface area (Å²) >= 11 is 0. The van der Waals surface area contributed by atoms with Gasteiger partial charge in [0.05, 0.1) is 18.8 Å². The van der Waals surface area contributed by atoms with E-state index in [-0.39, 0.29) is 32.5 Å². The fourth-order valence-electron chi connectivity index (χ4n) is 1.26. The summed E-state index contributed by atoms with van der Waals surface area (Å²) in [6.07, 6.45) is 2.41. The van der Waals surface area contributed by atoms with Crippen LogP contribution in [0, 0.1) is 5.92 Å². The van der Waals surface area contributed by atoms with Gasteiger partial charge in [-0.25, -0.2) is 0 Å². The number of carbonyl (C=O) groups excluding carboxylic acids is 2. The number of carbonyl (C=O) groups is 2. The van der Waals surface area contributed by atoms with Crippen molar-refractivity contribution in [2.75, 3.05) is 6.61 Å². The molecule has 0 aromatic rings. The van der Waals surface area contributed by atoms with Crippen molar-refractivity contribution >= 4 is 11.6 Å². The van der Waals surface area contributed by atoms with Gasteiger partial charge in [0.15, 0.2) is 0 Å². The second kappa shape index (κ2) is 17.3. The molecule has 3 unspecified atom stereocenters. The Morgan fingerprint density at radius 2 is 1.38 bits per heavy atom. The molecule has 1 aliphatic rings. The molecular weight excluding hydrogens is 268 g/mol. The van der Waals surface area contributed by atoms with E-state index in [2.05, 4.69) is 6.92 Å². The summed E-state index contributed by atoms with van der Waals surface area (Å²) < 4.78 is 5.28. The lowest BCUT2D eigenvalue weighted by Crippen LogP contribution is -2.19. The molecule has 3 atom stereocenters. The quantitative estimate of drug-likeness (QED) is 0.855. The topological polar surface area (TPSA) is 63.6 Å². The van der Waals surface area contributed by atoms with Crippen LogP contribution in [0.2, 0.25) is 0 Å². The average molecular weight is 306 g/mol. The molecule has 1 N–H and O–H groups in total. The van der Waals surface area contributed by atoms with Crippen LogP contribution in [0.3, 0.4) is 0 Å². The molecule has 1 saturated heterocycles. The third kappa shape index (κ3) is 17.2. The van der Waals surface area contributed by atoms with Crippen molar-refractivity contribution in [3.8, 4) is 0 Å².